The first kappa shape index (κ1) is 25.5. The van der Waals surface area contributed by atoms with E-state index in [2.05, 4.69) is 9.47 Å². The van der Waals surface area contributed by atoms with E-state index in [1.54, 1.807) is 41.1 Å². The van der Waals surface area contributed by atoms with Gasteiger partial charge in [0.15, 0.2) is 17.3 Å². The number of aromatic carboxylic acids is 1. The molecule has 40 heavy (non-hydrogen) atoms. The van der Waals surface area contributed by atoms with Crippen molar-refractivity contribution in [3.8, 4) is 22.9 Å². The van der Waals surface area contributed by atoms with Gasteiger partial charge in [0, 0.05) is 17.5 Å². The molecule has 0 radical (unpaired) electrons. The molecule has 1 aliphatic heterocycles. The SMILES string of the molecule is Cc1nn(-c2cccc(C(=O)Cc3ccc4c(c3)OC(F)(F)O4)c2)c2c1CCCC2Oc1ccc(C(=O)O)cc1. The van der Waals surface area contributed by atoms with Crippen LogP contribution in [0.2, 0.25) is 0 Å². The molecule has 6 rings (SSSR count). The Kier molecular flexibility index (Phi) is 6.25. The number of carbonyl (C=O) groups excluding carboxylic acids is 1. The van der Waals surface area contributed by atoms with Gasteiger partial charge in [0.05, 0.1) is 22.6 Å². The van der Waals surface area contributed by atoms with Crippen LogP contribution in [0.5, 0.6) is 17.2 Å². The van der Waals surface area contributed by atoms with Gasteiger partial charge in [-0.05, 0) is 80.3 Å². The number of nitrogens with zero attached hydrogens (tertiary/aromatic N) is 2. The molecule has 3 aromatic carbocycles. The summed E-state index contributed by atoms with van der Waals surface area (Å²) in [4.78, 5) is 24.4. The van der Waals surface area contributed by atoms with Crippen molar-refractivity contribution in [3.05, 3.63) is 100 Å². The molecule has 10 heteroatoms. The molecule has 0 spiro atoms. The third kappa shape index (κ3) is 4.88. The zero-order valence-corrected chi connectivity index (χ0v) is 21.4. The number of Topliss-reactive ketones (excluding diaryl/α,β-unsaturated/α-hetero) is 1. The predicted molar refractivity (Wildman–Crippen MR) is 139 cm³/mol. The molecule has 204 valence electrons. The van der Waals surface area contributed by atoms with Crippen molar-refractivity contribution in [1.82, 2.24) is 9.78 Å². The highest BCUT2D eigenvalue weighted by Crippen LogP contribution is 2.41. The minimum absolute atomic E-state index is 0.0139. The average molecular weight is 547 g/mol. The lowest BCUT2D eigenvalue weighted by molar-refractivity contribution is -0.286. The Bertz CT molecular complexity index is 1630. The van der Waals surface area contributed by atoms with Gasteiger partial charge in [0.2, 0.25) is 0 Å². The number of alkyl halides is 2. The lowest BCUT2D eigenvalue weighted by Gasteiger charge is -2.25. The Hall–Kier alpha value is -4.73. The molecular formula is C30H24F2N2O6. The largest absolute Gasteiger partial charge is 0.586 e. The molecule has 2 heterocycles. The number of hydrogen-bond acceptors (Lipinski definition) is 6. The van der Waals surface area contributed by atoms with E-state index in [0.717, 1.165) is 36.2 Å². The van der Waals surface area contributed by atoms with Gasteiger partial charge < -0.3 is 19.3 Å². The molecule has 8 nitrogen and oxygen atoms in total. The molecule has 1 N–H and O–H groups in total. The second-order valence-electron chi connectivity index (χ2n) is 9.79. The Morgan fingerprint density at radius 1 is 1.05 bits per heavy atom. The summed E-state index contributed by atoms with van der Waals surface area (Å²) in [6.45, 7) is 1.94. The summed E-state index contributed by atoms with van der Waals surface area (Å²) in [5.74, 6) is -0.826. The van der Waals surface area contributed by atoms with Crippen LogP contribution in [0.1, 0.15) is 62.2 Å². The van der Waals surface area contributed by atoms with E-state index in [9.17, 15) is 23.5 Å². The summed E-state index contributed by atoms with van der Waals surface area (Å²) in [6, 6.07) is 17.7. The number of carboxylic acid groups (broad SMARTS) is 1. The fourth-order valence-corrected chi connectivity index (χ4v) is 5.17. The Labute approximate surface area is 227 Å². The average Bonchev–Trinajstić information content (AvgIpc) is 3.44. The third-order valence-electron chi connectivity index (χ3n) is 7.04. The molecule has 4 aromatic rings. The normalized spacial score (nSPS) is 16.8. The van der Waals surface area contributed by atoms with Gasteiger partial charge in [-0.25, -0.2) is 9.48 Å². The van der Waals surface area contributed by atoms with E-state index in [-0.39, 0.29) is 35.4 Å². The molecule has 0 amide bonds. The molecule has 1 unspecified atom stereocenters. The summed E-state index contributed by atoms with van der Waals surface area (Å²) in [7, 11) is 0. The maximum Gasteiger partial charge on any atom is 0.586 e. The maximum atomic E-state index is 13.4. The van der Waals surface area contributed by atoms with Crippen LogP contribution in [0.3, 0.4) is 0 Å². The highest BCUT2D eigenvalue weighted by molar-refractivity contribution is 5.98. The Morgan fingerprint density at radius 2 is 1.82 bits per heavy atom. The number of ketones is 1. The minimum atomic E-state index is -3.72. The van der Waals surface area contributed by atoms with Crippen LogP contribution in [-0.4, -0.2) is 32.9 Å². The first-order valence-corrected chi connectivity index (χ1v) is 12.8. The first-order valence-electron chi connectivity index (χ1n) is 12.8. The number of aryl methyl sites for hydroxylation is 1. The number of carbonyl (C=O) groups is 2. The molecule has 1 atom stereocenters. The number of ether oxygens (including phenoxy) is 3. The number of hydrogen-bond donors (Lipinski definition) is 1. The van der Waals surface area contributed by atoms with E-state index >= 15 is 0 Å². The van der Waals surface area contributed by atoms with Crippen molar-refractivity contribution >= 4 is 11.8 Å². The molecule has 0 saturated heterocycles. The van der Waals surface area contributed by atoms with Crippen molar-refractivity contribution in [1.29, 1.82) is 0 Å². The van der Waals surface area contributed by atoms with Gasteiger partial charge in [-0.15, -0.1) is 8.78 Å². The topological polar surface area (TPSA) is 99.9 Å². The summed E-state index contributed by atoms with van der Waals surface area (Å²) < 4.78 is 43.8. The number of halogens is 2. The molecule has 1 aliphatic carbocycles. The molecule has 0 saturated carbocycles. The van der Waals surface area contributed by atoms with Gasteiger partial charge in [-0.2, -0.15) is 5.10 Å². The highest BCUT2D eigenvalue weighted by atomic mass is 19.3. The lowest BCUT2D eigenvalue weighted by Crippen LogP contribution is -2.25. The van der Waals surface area contributed by atoms with Crippen LogP contribution >= 0.6 is 0 Å². The Balaban J connectivity index is 1.26. The zero-order chi connectivity index (χ0) is 28.0. The zero-order valence-electron chi connectivity index (χ0n) is 21.4. The minimum Gasteiger partial charge on any atom is -0.484 e. The van der Waals surface area contributed by atoms with Crippen LogP contribution in [-0.2, 0) is 12.8 Å². The number of aromatic nitrogens is 2. The number of fused-ring (bicyclic) bond motifs is 2. The van der Waals surface area contributed by atoms with Crippen molar-refractivity contribution in [2.75, 3.05) is 0 Å². The van der Waals surface area contributed by atoms with Gasteiger partial charge in [-0.3, -0.25) is 4.79 Å². The van der Waals surface area contributed by atoms with Crippen LogP contribution in [0, 0.1) is 6.92 Å². The van der Waals surface area contributed by atoms with E-state index in [0.29, 0.717) is 22.6 Å². The molecular weight excluding hydrogens is 522 g/mol. The van der Waals surface area contributed by atoms with Crippen LogP contribution < -0.4 is 14.2 Å². The number of carboxylic acids is 1. The van der Waals surface area contributed by atoms with E-state index in [4.69, 9.17) is 9.84 Å². The standard InChI is InChI=1S/C30H24F2N2O6/c1-17-23-6-3-7-26(38-22-11-9-19(10-12-22)29(36)37)28(23)34(33-17)21-5-2-4-20(16-21)24(35)14-18-8-13-25-27(15-18)40-30(31,32)39-25/h2,4-5,8-13,15-16,26H,3,6-7,14H2,1H3,(H,36,37). The van der Waals surface area contributed by atoms with Crippen molar-refractivity contribution in [2.45, 2.75) is 45.0 Å². The van der Waals surface area contributed by atoms with Crippen LogP contribution in [0.25, 0.3) is 5.69 Å². The second kappa shape index (κ2) is 9.78. The fraction of sp³-hybridized carbons (Fsp3) is 0.233. The maximum absolute atomic E-state index is 13.4. The summed E-state index contributed by atoms with van der Waals surface area (Å²) in [5.41, 5.74) is 4.69. The van der Waals surface area contributed by atoms with Crippen molar-refractivity contribution in [3.63, 3.8) is 0 Å². The first-order chi connectivity index (χ1) is 19.2. The molecule has 2 aliphatic rings. The van der Waals surface area contributed by atoms with Crippen molar-refractivity contribution < 1.29 is 37.7 Å². The van der Waals surface area contributed by atoms with Crippen LogP contribution in [0.4, 0.5) is 8.78 Å². The smallest absolute Gasteiger partial charge is 0.484 e. The quantitative estimate of drug-likeness (QED) is 0.280. The summed E-state index contributed by atoms with van der Waals surface area (Å²) in [6.07, 6.45) is -1.53. The molecule has 0 bridgehead atoms. The number of benzene rings is 3. The third-order valence-corrected chi connectivity index (χ3v) is 7.04. The number of rotatable bonds is 7. The van der Waals surface area contributed by atoms with Gasteiger partial charge in [-0.1, -0.05) is 18.2 Å². The van der Waals surface area contributed by atoms with E-state index in [1.165, 1.54) is 24.3 Å². The monoisotopic (exact) mass is 546 g/mol. The van der Waals surface area contributed by atoms with Gasteiger partial charge in [0.1, 0.15) is 11.9 Å². The highest BCUT2D eigenvalue weighted by Gasteiger charge is 2.43. The van der Waals surface area contributed by atoms with E-state index < -0.39 is 12.3 Å². The second-order valence-corrected chi connectivity index (χ2v) is 9.79. The van der Waals surface area contributed by atoms with Crippen LogP contribution in [0.15, 0.2) is 66.7 Å². The Morgan fingerprint density at radius 3 is 2.60 bits per heavy atom. The van der Waals surface area contributed by atoms with Gasteiger partial charge in [0.25, 0.3) is 0 Å². The summed E-state index contributed by atoms with van der Waals surface area (Å²) in [5, 5.41) is 14.0. The molecule has 0 fully saturated rings. The lowest BCUT2D eigenvalue weighted by atomic mass is 9.93. The van der Waals surface area contributed by atoms with Gasteiger partial charge >= 0.3 is 12.3 Å². The molecule has 1 aromatic heterocycles. The van der Waals surface area contributed by atoms with E-state index in [1.807, 2.05) is 13.0 Å². The fourth-order valence-electron chi connectivity index (χ4n) is 5.17. The summed E-state index contributed by atoms with van der Waals surface area (Å²) >= 11 is 0. The van der Waals surface area contributed by atoms with Crippen molar-refractivity contribution in [2.24, 2.45) is 0 Å². The predicted octanol–water partition coefficient (Wildman–Crippen LogP) is 6.08.